The number of aryl methyl sites for hydroxylation is 1. The van der Waals surface area contributed by atoms with E-state index in [0.29, 0.717) is 24.6 Å². The van der Waals surface area contributed by atoms with Crippen molar-refractivity contribution in [1.29, 1.82) is 0 Å². The molecule has 202 valence electrons. The maximum atomic E-state index is 13.9. The molecule has 4 rings (SSSR count). The summed E-state index contributed by atoms with van der Waals surface area (Å²) in [7, 11) is -0.923. The molecule has 1 heterocycles. The summed E-state index contributed by atoms with van der Waals surface area (Å²) >= 11 is 0. The van der Waals surface area contributed by atoms with Crippen molar-refractivity contribution in [3.05, 3.63) is 47.5 Å². The maximum Gasteiger partial charge on any atom is 0.243 e. The molecule has 0 spiro atoms. The molecular weight excluding hydrogens is 490 g/mol. The molecule has 1 aliphatic carbocycles. The first-order chi connectivity index (χ1) is 17.8. The van der Waals surface area contributed by atoms with Crippen LogP contribution in [0.4, 0.5) is 5.69 Å². The topological polar surface area (TPSA) is 79.4 Å². The molecule has 2 aliphatic rings. The van der Waals surface area contributed by atoms with Crippen LogP contribution in [0.1, 0.15) is 43.2 Å². The molecule has 1 aliphatic heterocycles. The number of amides is 1. The van der Waals surface area contributed by atoms with Gasteiger partial charge in [-0.05, 0) is 56.0 Å². The van der Waals surface area contributed by atoms with E-state index in [1.54, 1.807) is 6.07 Å². The molecule has 0 N–H and O–H groups in total. The first-order valence-corrected chi connectivity index (χ1v) is 14.5. The van der Waals surface area contributed by atoms with Crippen molar-refractivity contribution >= 4 is 21.6 Å². The zero-order chi connectivity index (χ0) is 26.6. The van der Waals surface area contributed by atoms with E-state index in [0.717, 1.165) is 45.2 Å². The van der Waals surface area contributed by atoms with Crippen LogP contribution in [0.5, 0.6) is 11.5 Å². The highest BCUT2D eigenvalue weighted by Gasteiger charge is 2.36. The van der Waals surface area contributed by atoms with Crippen molar-refractivity contribution in [2.45, 2.75) is 56.9 Å². The van der Waals surface area contributed by atoms with E-state index >= 15 is 0 Å². The van der Waals surface area contributed by atoms with E-state index in [2.05, 4.69) is 36.9 Å². The lowest BCUT2D eigenvalue weighted by Gasteiger charge is -2.39. The first kappa shape index (κ1) is 27.3. The van der Waals surface area contributed by atoms with E-state index in [1.165, 1.54) is 47.5 Å². The number of rotatable bonds is 8. The van der Waals surface area contributed by atoms with Crippen LogP contribution in [0.25, 0.3) is 0 Å². The van der Waals surface area contributed by atoms with Gasteiger partial charge in [0, 0.05) is 44.0 Å². The van der Waals surface area contributed by atoms with Gasteiger partial charge in [0.15, 0.2) is 11.5 Å². The molecule has 2 aromatic carbocycles. The highest BCUT2D eigenvalue weighted by Crippen LogP contribution is 2.33. The summed E-state index contributed by atoms with van der Waals surface area (Å²) in [4.78, 5) is 17.7. The van der Waals surface area contributed by atoms with Gasteiger partial charge in [-0.3, -0.25) is 4.79 Å². The summed E-state index contributed by atoms with van der Waals surface area (Å²) in [5.41, 5.74) is 3.71. The minimum Gasteiger partial charge on any atom is -0.493 e. The fraction of sp³-hybridized carbons (Fsp3) is 0.536. The van der Waals surface area contributed by atoms with E-state index in [1.807, 2.05) is 4.90 Å². The zero-order valence-electron chi connectivity index (χ0n) is 22.4. The third-order valence-corrected chi connectivity index (χ3v) is 9.68. The molecule has 0 unspecified atom stereocenters. The summed E-state index contributed by atoms with van der Waals surface area (Å²) in [6, 6.07) is 10.7. The van der Waals surface area contributed by atoms with Gasteiger partial charge in [0.25, 0.3) is 0 Å². The van der Waals surface area contributed by atoms with Gasteiger partial charge in [0.2, 0.25) is 15.9 Å². The van der Waals surface area contributed by atoms with Gasteiger partial charge < -0.3 is 19.3 Å². The first-order valence-electron chi connectivity index (χ1n) is 13.1. The van der Waals surface area contributed by atoms with Crippen LogP contribution in [0, 0.1) is 13.8 Å². The van der Waals surface area contributed by atoms with E-state index in [9.17, 15) is 13.2 Å². The third kappa shape index (κ3) is 5.88. The second kappa shape index (κ2) is 11.7. The summed E-state index contributed by atoms with van der Waals surface area (Å²) in [5, 5.41) is 0. The van der Waals surface area contributed by atoms with Crippen molar-refractivity contribution in [3.8, 4) is 11.5 Å². The second-order valence-electron chi connectivity index (χ2n) is 9.95. The second-order valence-corrected chi connectivity index (χ2v) is 11.8. The molecule has 0 aromatic heterocycles. The predicted molar refractivity (Wildman–Crippen MR) is 145 cm³/mol. The van der Waals surface area contributed by atoms with Gasteiger partial charge in [0.1, 0.15) is 0 Å². The van der Waals surface area contributed by atoms with E-state index in [4.69, 9.17) is 9.47 Å². The normalized spacial score (nSPS) is 17.2. The van der Waals surface area contributed by atoms with Crippen LogP contribution in [0.3, 0.4) is 0 Å². The van der Waals surface area contributed by atoms with Crippen LogP contribution < -0.4 is 14.4 Å². The number of carbonyl (C=O) groups is 1. The Bertz CT molecular complexity index is 1200. The number of sulfonamides is 1. The van der Waals surface area contributed by atoms with Crippen molar-refractivity contribution < 1.29 is 22.7 Å². The Morgan fingerprint density at radius 3 is 2.27 bits per heavy atom. The number of nitrogens with zero attached hydrogens (tertiary/aromatic N) is 3. The van der Waals surface area contributed by atoms with Crippen molar-refractivity contribution in [1.82, 2.24) is 9.21 Å². The number of hydrogen-bond acceptors (Lipinski definition) is 6. The summed E-state index contributed by atoms with van der Waals surface area (Å²) in [6.07, 6.45) is 4.55. The van der Waals surface area contributed by atoms with Crippen LogP contribution >= 0.6 is 0 Å². The monoisotopic (exact) mass is 529 g/mol. The third-order valence-electron chi connectivity index (χ3n) is 7.78. The van der Waals surface area contributed by atoms with Gasteiger partial charge in [0.05, 0.1) is 25.7 Å². The molecule has 0 atom stereocenters. The van der Waals surface area contributed by atoms with Crippen LogP contribution in [0.2, 0.25) is 0 Å². The highest BCUT2D eigenvalue weighted by atomic mass is 32.2. The summed E-state index contributed by atoms with van der Waals surface area (Å²) in [5.74, 6) is 0.666. The Morgan fingerprint density at radius 2 is 1.62 bits per heavy atom. The van der Waals surface area contributed by atoms with Crippen LogP contribution in [-0.2, 0) is 14.8 Å². The quantitative estimate of drug-likeness (QED) is 0.515. The van der Waals surface area contributed by atoms with E-state index < -0.39 is 10.0 Å². The summed E-state index contributed by atoms with van der Waals surface area (Å²) < 4.78 is 39.8. The molecule has 8 nitrogen and oxygen atoms in total. The van der Waals surface area contributed by atoms with Gasteiger partial charge in [-0.25, -0.2) is 8.42 Å². The highest BCUT2D eigenvalue weighted by molar-refractivity contribution is 7.89. The molecule has 2 fully saturated rings. The van der Waals surface area contributed by atoms with Crippen LogP contribution in [0.15, 0.2) is 41.3 Å². The Morgan fingerprint density at radius 1 is 0.946 bits per heavy atom. The standard InChI is InChI=1S/C28H39N3O5S/c1-21-9-8-12-25(22(21)2)29-15-17-30(18-16-29)28(32)20-31(23-10-6-5-7-11-23)37(33,34)24-13-14-26(35-3)27(19-24)36-4/h8-9,12-14,19,23H,5-7,10-11,15-18,20H2,1-4H3. The molecule has 1 saturated heterocycles. The number of methoxy groups -OCH3 is 2. The van der Waals surface area contributed by atoms with Gasteiger partial charge in [-0.1, -0.05) is 31.4 Å². The Hall–Kier alpha value is -2.78. The average Bonchev–Trinajstić information content (AvgIpc) is 2.93. The van der Waals surface area contributed by atoms with Gasteiger partial charge in [-0.15, -0.1) is 0 Å². The largest absolute Gasteiger partial charge is 0.493 e. The van der Waals surface area contributed by atoms with E-state index in [-0.39, 0.29) is 23.4 Å². The fourth-order valence-corrected chi connectivity index (χ4v) is 7.05. The Kier molecular flexibility index (Phi) is 8.64. The summed E-state index contributed by atoms with van der Waals surface area (Å²) in [6.45, 7) is 6.68. The molecular formula is C28H39N3O5S. The lowest BCUT2D eigenvalue weighted by atomic mass is 9.95. The Balaban J connectivity index is 1.52. The molecule has 9 heteroatoms. The molecule has 2 aromatic rings. The number of anilines is 1. The molecule has 37 heavy (non-hydrogen) atoms. The van der Waals surface area contributed by atoms with Crippen molar-refractivity contribution in [3.63, 3.8) is 0 Å². The number of carbonyl (C=O) groups excluding carboxylic acids is 1. The van der Waals surface area contributed by atoms with Gasteiger partial charge >= 0.3 is 0 Å². The maximum absolute atomic E-state index is 13.9. The molecule has 1 amide bonds. The lowest BCUT2D eigenvalue weighted by Crippen LogP contribution is -2.53. The Labute approximate surface area is 221 Å². The van der Waals surface area contributed by atoms with Crippen molar-refractivity contribution in [2.24, 2.45) is 0 Å². The number of ether oxygens (including phenoxy) is 2. The smallest absolute Gasteiger partial charge is 0.243 e. The number of hydrogen-bond donors (Lipinski definition) is 0. The average molecular weight is 530 g/mol. The minimum absolute atomic E-state index is 0.114. The lowest BCUT2D eigenvalue weighted by molar-refractivity contribution is -0.132. The van der Waals surface area contributed by atoms with Gasteiger partial charge in [-0.2, -0.15) is 4.31 Å². The molecule has 1 saturated carbocycles. The number of piperazine rings is 1. The SMILES string of the molecule is COc1ccc(S(=O)(=O)N(CC(=O)N2CCN(c3cccc(C)c3C)CC2)C2CCCCC2)cc1OC. The minimum atomic E-state index is -3.92. The zero-order valence-corrected chi connectivity index (χ0v) is 23.2. The van der Waals surface area contributed by atoms with Crippen LogP contribution in [-0.4, -0.2) is 76.5 Å². The predicted octanol–water partition coefficient (Wildman–Crippen LogP) is 3.99. The molecule has 0 radical (unpaired) electrons. The van der Waals surface area contributed by atoms with Crippen molar-refractivity contribution in [2.75, 3.05) is 51.8 Å². The fourth-order valence-electron chi connectivity index (χ4n) is 5.40. The molecule has 0 bridgehead atoms. The number of benzene rings is 2.